The molecular weight excluding hydrogens is 558 g/mol. The van der Waals surface area contributed by atoms with Gasteiger partial charge in [0.2, 0.25) is 9.84 Å². The monoisotopic (exact) mass is 587 g/mol. The van der Waals surface area contributed by atoms with Crippen LogP contribution in [0.4, 0.5) is 4.79 Å². The molecule has 0 saturated heterocycles. The lowest BCUT2D eigenvalue weighted by molar-refractivity contribution is -0.139. The molecule has 0 spiro atoms. The van der Waals surface area contributed by atoms with Crippen molar-refractivity contribution in [3.63, 3.8) is 0 Å². The summed E-state index contributed by atoms with van der Waals surface area (Å²) in [4.78, 5) is 32.4. The molecular formula is C27H30ClN5O6S. The van der Waals surface area contributed by atoms with Gasteiger partial charge in [0.1, 0.15) is 17.6 Å². The number of halogens is 1. The Kier molecular flexibility index (Phi) is 9.83. The lowest BCUT2D eigenvalue weighted by Gasteiger charge is -2.17. The summed E-state index contributed by atoms with van der Waals surface area (Å²) in [7, 11) is -3.88. The van der Waals surface area contributed by atoms with E-state index in [-0.39, 0.29) is 10.1 Å². The van der Waals surface area contributed by atoms with Crippen molar-refractivity contribution in [2.24, 2.45) is 0 Å². The van der Waals surface area contributed by atoms with Gasteiger partial charge in [-0.2, -0.15) is 4.68 Å². The number of carbonyl (C=O) groups excluding carboxylic acids is 1. The van der Waals surface area contributed by atoms with Crippen LogP contribution in [0.25, 0.3) is 10.9 Å². The number of benzene rings is 2. The second kappa shape index (κ2) is 12.9. The molecule has 0 unspecified atom stereocenters. The van der Waals surface area contributed by atoms with Crippen molar-refractivity contribution in [2.75, 3.05) is 19.7 Å². The Labute approximate surface area is 237 Å². The lowest BCUT2D eigenvalue weighted by atomic mass is 10.1. The van der Waals surface area contributed by atoms with Crippen LogP contribution in [0.5, 0.6) is 5.75 Å². The molecule has 0 bridgehead atoms. The minimum absolute atomic E-state index is 0.195. The number of carboxylic acid groups (broad SMARTS) is 1. The van der Waals surface area contributed by atoms with Crippen molar-refractivity contribution >= 4 is 44.3 Å². The third-order valence-electron chi connectivity index (χ3n) is 5.85. The Morgan fingerprint density at radius 3 is 2.30 bits per heavy atom. The molecule has 0 radical (unpaired) electrons. The maximum atomic E-state index is 12.9. The van der Waals surface area contributed by atoms with Crippen LogP contribution in [-0.4, -0.2) is 69.9 Å². The van der Waals surface area contributed by atoms with Crippen LogP contribution < -0.4 is 4.74 Å². The molecule has 40 heavy (non-hydrogen) atoms. The first-order chi connectivity index (χ1) is 18.9. The van der Waals surface area contributed by atoms with E-state index in [0.717, 1.165) is 22.0 Å². The number of pyridine rings is 1. The molecule has 0 aliphatic rings. The number of carboxylic acids is 1. The highest BCUT2D eigenvalue weighted by atomic mass is 35.5. The first kappa shape index (κ1) is 30.5. The quantitative estimate of drug-likeness (QED) is 0.325. The predicted molar refractivity (Wildman–Crippen MR) is 150 cm³/mol. The van der Waals surface area contributed by atoms with Crippen molar-refractivity contribution in [3.05, 3.63) is 70.6 Å². The van der Waals surface area contributed by atoms with E-state index in [2.05, 4.69) is 15.1 Å². The summed E-state index contributed by atoms with van der Waals surface area (Å²) in [5, 5.41) is 13.4. The van der Waals surface area contributed by atoms with Crippen LogP contribution in [0.1, 0.15) is 30.5 Å². The number of aliphatic carboxylic acids is 1. The van der Waals surface area contributed by atoms with Crippen LogP contribution in [-0.2, 0) is 14.6 Å². The van der Waals surface area contributed by atoms with Gasteiger partial charge in [0, 0.05) is 24.7 Å². The van der Waals surface area contributed by atoms with E-state index in [0.29, 0.717) is 40.5 Å². The van der Waals surface area contributed by atoms with E-state index < -0.39 is 28.4 Å². The van der Waals surface area contributed by atoms with Gasteiger partial charge >= 0.3 is 12.0 Å². The SMILES string of the molecule is CCN(CC)C(=O)n1cnc(S(=O)(=O)c2c(C)cc(C)cc2C)n1.O=C(O)COc1ccc(Cl)c2cccnc12. The summed E-state index contributed by atoms with van der Waals surface area (Å²) < 4.78 is 31.8. The van der Waals surface area contributed by atoms with Crippen LogP contribution >= 0.6 is 11.6 Å². The highest BCUT2D eigenvalue weighted by Gasteiger charge is 2.28. The fraction of sp³-hybridized carbons (Fsp3) is 0.296. The number of hydrogen-bond donors (Lipinski definition) is 1. The lowest BCUT2D eigenvalue weighted by Crippen LogP contribution is -2.34. The van der Waals surface area contributed by atoms with E-state index in [1.807, 2.05) is 20.8 Å². The Balaban J connectivity index is 0.000000238. The van der Waals surface area contributed by atoms with Gasteiger partial charge in [-0.1, -0.05) is 29.3 Å². The smallest absolute Gasteiger partial charge is 0.346 e. The summed E-state index contributed by atoms with van der Waals surface area (Å²) in [6.07, 6.45) is 2.75. The molecule has 0 saturated carbocycles. The van der Waals surface area contributed by atoms with Gasteiger partial charge in [-0.15, -0.1) is 5.10 Å². The number of hydrogen-bond acceptors (Lipinski definition) is 8. The minimum atomic E-state index is -3.88. The van der Waals surface area contributed by atoms with Gasteiger partial charge in [0.05, 0.1) is 9.92 Å². The Bertz CT molecular complexity index is 1630. The van der Waals surface area contributed by atoms with E-state index in [1.54, 1.807) is 56.4 Å². The molecule has 1 N–H and O–H groups in total. The average molecular weight is 588 g/mol. The van der Waals surface area contributed by atoms with Crippen molar-refractivity contribution in [1.29, 1.82) is 0 Å². The van der Waals surface area contributed by atoms with E-state index >= 15 is 0 Å². The summed E-state index contributed by atoms with van der Waals surface area (Å²) in [5.74, 6) is -0.610. The van der Waals surface area contributed by atoms with Gasteiger partial charge in [-0.25, -0.2) is 23.0 Å². The maximum absolute atomic E-state index is 12.9. The van der Waals surface area contributed by atoms with Crippen LogP contribution in [0.15, 0.2) is 59.0 Å². The first-order valence-electron chi connectivity index (χ1n) is 12.3. The summed E-state index contributed by atoms with van der Waals surface area (Å²) >= 11 is 5.98. The summed E-state index contributed by atoms with van der Waals surface area (Å²) in [5.41, 5.74) is 2.83. The second-order valence-electron chi connectivity index (χ2n) is 8.79. The standard InChI is InChI=1S/C16H22N4O3S.C11H8ClNO3/c1-6-19(7-2)16(21)20-10-17-15(18-20)24(22,23)14-12(4)8-11(3)9-13(14)5;12-8-3-4-9(16-6-10(14)15)11-7(8)2-1-5-13-11/h8-10H,6-7H2,1-5H3;1-5H,6H2,(H,14,15). The largest absolute Gasteiger partial charge is 0.480 e. The fourth-order valence-corrected chi connectivity index (χ4v) is 5.90. The third-order valence-corrected chi connectivity index (χ3v) is 8.02. The summed E-state index contributed by atoms with van der Waals surface area (Å²) in [6, 6.07) is 10.0. The van der Waals surface area contributed by atoms with Gasteiger partial charge in [0.25, 0.3) is 5.16 Å². The Hall–Kier alpha value is -4.03. The van der Waals surface area contributed by atoms with Crippen LogP contribution in [0, 0.1) is 20.8 Å². The molecule has 212 valence electrons. The molecule has 0 atom stereocenters. The molecule has 0 aliphatic carbocycles. The van der Waals surface area contributed by atoms with E-state index in [4.69, 9.17) is 21.4 Å². The van der Waals surface area contributed by atoms with Crippen molar-refractivity contribution in [1.82, 2.24) is 24.6 Å². The minimum Gasteiger partial charge on any atom is -0.480 e. The molecule has 11 nitrogen and oxygen atoms in total. The third kappa shape index (κ3) is 6.75. The van der Waals surface area contributed by atoms with Crippen molar-refractivity contribution < 1.29 is 27.9 Å². The predicted octanol–water partition coefficient (Wildman–Crippen LogP) is 4.70. The number of rotatable bonds is 7. The van der Waals surface area contributed by atoms with E-state index in [1.165, 1.54) is 4.90 Å². The summed E-state index contributed by atoms with van der Waals surface area (Å²) in [6.45, 7) is 9.69. The highest BCUT2D eigenvalue weighted by molar-refractivity contribution is 7.91. The molecule has 2 aromatic carbocycles. The number of ether oxygens (including phenoxy) is 1. The zero-order chi connectivity index (χ0) is 29.6. The van der Waals surface area contributed by atoms with Gasteiger partial charge in [0.15, 0.2) is 6.61 Å². The number of amides is 1. The molecule has 13 heteroatoms. The molecule has 0 aliphatic heterocycles. The zero-order valence-electron chi connectivity index (χ0n) is 22.8. The normalized spacial score (nSPS) is 11.1. The molecule has 0 fully saturated rings. The van der Waals surface area contributed by atoms with Gasteiger partial charge < -0.3 is 14.7 Å². The number of carbonyl (C=O) groups is 2. The average Bonchev–Trinajstić information content (AvgIpc) is 3.40. The topological polar surface area (TPSA) is 145 Å². The number of aromatic nitrogens is 4. The van der Waals surface area contributed by atoms with Gasteiger partial charge in [-0.3, -0.25) is 4.98 Å². The number of aryl methyl sites for hydroxylation is 3. The molecule has 2 heterocycles. The maximum Gasteiger partial charge on any atom is 0.346 e. The fourth-order valence-electron chi connectivity index (χ4n) is 4.15. The molecule has 4 aromatic rings. The molecule has 4 rings (SSSR count). The number of sulfone groups is 1. The second-order valence-corrected chi connectivity index (χ2v) is 11.0. The first-order valence-corrected chi connectivity index (χ1v) is 14.2. The Morgan fingerprint density at radius 2 is 1.70 bits per heavy atom. The molecule has 2 aromatic heterocycles. The van der Waals surface area contributed by atoms with Gasteiger partial charge in [-0.05, 0) is 70.0 Å². The van der Waals surface area contributed by atoms with Crippen molar-refractivity contribution in [3.8, 4) is 5.75 Å². The molecule has 1 amide bonds. The zero-order valence-corrected chi connectivity index (χ0v) is 24.3. The van der Waals surface area contributed by atoms with Crippen LogP contribution in [0.3, 0.4) is 0 Å². The number of fused-ring (bicyclic) bond motifs is 1. The number of nitrogens with zero attached hydrogens (tertiary/aromatic N) is 5. The van der Waals surface area contributed by atoms with Crippen LogP contribution in [0.2, 0.25) is 5.02 Å². The highest BCUT2D eigenvalue weighted by Crippen LogP contribution is 2.29. The Morgan fingerprint density at radius 1 is 1.05 bits per heavy atom. The van der Waals surface area contributed by atoms with Crippen molar-refractivity contribution in [2.45, 2.75) is 44.7 Å². The van der Waals surface area contributed by atoms with E-state index in [9.17, 15) is 18.0 Å².